The van der Waals surface area contributed by atoms with E-state index < -0.39 is 97.5 Å². The smallest absolute Gasteiger partial charge is 0.462 e. The molecule has 0 aliphatic carbocycles. The number of rotatable bonds is 82. The number of aliphatic hydroxyl groups is 1. The van der Waals surface area contributed by atoms with Crippen LogP contribution in [-0.4, -0.2) is 96.7 Å². The second kappa shape index (κ2) is 74.9. The number of unbranched alkanes of at least 4 members (excludes halogenated alkanes) is 53. The highest BCUT2D eigenvalue weighted by atomic mass is 31.2. The molecule has 0 aromatic heterocycles. The van der Waals surface area contributed by atoms with Crippen LogP contribution in [0.4, 0.5) is 0 Å². The van der Waals surface area contributed by atoms with Gasteiger partial charge in [-0.05, 0) is 31.6 Å². The van der Waals surface area contributed by atoms with Crippen LogP contribution in [0.15, 0.2) is 0 Å². The van der Waals surface area contributed by atoms with Crippen LogP contribution in [0.5, 0.6) is 0 Å². The summed E-state index contributed by atoms with van der Waals surface area (Å²) in [6.07, 6.45) is 66.6. The summed E-state index contributed by atoms with van der Waals surface area (Å²) in [6, 6.07) is 0. The minimum atomic E-state index is -4.96. The molecular weight excluding hydrogens is 1320 g/mol. The standard InChI is InChI=1S/C82H160O17P2/c1-6-10-13-16-19-22-24-26-28-30-32-33-38-42-46-51-56-61-66-80(85)93-72-78(99-82(87)68-63-58-53-48-44-40-36-35-37-41-45-49-54-59-64-75(5)9-4)74-97-101(90,91)95-70-76(83)69-94-100(88,89)96-73-77(71-92-79(84)65-60-55-50-21-18-15-12-8-3)98-81(86)67-62-57-52-47-43-39-34-31-29-27-25-23-20-17-14-11-7-2/h75-78,83H,6-74H2,1-5H3,(H,88,89)(H,90,91)/t75?,76-,77+,78+/m0/s1. The van der Waals surface area contributed by atoms with Gasteiger partial charge in [-0.1, -0.05) is 388 Å². The molecule has 6 atom stereocenters. The minimum absolute atomic E-state index is 0.109. The number of hydrogen-bond donors (Lipinski definition) is 3. The second-order valence-electron chi connectivity index (χ2n) is 29.8. The lowest BCUT2D eigenvalue weighted by atomic mass is 9.99. The Morgan fingerprint density at radius 2 is 0.475 bits per heavy atom. The van der Waals surface area contributed by atoms with E-state index in [4.69, 9.17) is 37.0 Å². The molecule has 0 saturated heterocycles. The van der Waals surface area contributed by atoms with Crippen molar-refractivity contribution in [2.45, 2.75) is 457 Å². The third-order valence-corrected chi connectivity index (χ3v) is 21.5. The Bertz CT molecular complexity index is 1930. The molecule has 17 nitrogen and oxygen atoms in total. The van der Waals surface area contributed by atoms with Crippen LogP contribution in [0.3, 0.4) is 0 Å². The van der Waals surface area contributed by atoms with Gasteiger partial charge in [0.1, 0.15) is 19.3 Å². The lowest BCUT2D eigenvalue weighted by Crippen LogP contribution is -2.30. The van der Waals surface area contributed by atoms with Crippen molar-refractivity contribution < 1.29 is 80.2 Å². The molecule has 0 spiro atoms. The summed E-state index contributed by atoms with van der Waals surface area (Å²) in [6.45, 7) is 7.37. The molecule has 0 rings (SSSR count). The van der Waals surface area contributed by atoms with Crippen molar-refractivity contribution in [3.8, 4) is 0 Å². The molecule has 0 aromatic rings. The molecular formula is C82H160O17P2. The summed E-state index contributed by atoms with van der Waals surface area (Å²) < 4.78 is 68.7. The number of esters is 4. The van der Waals surface area contributed by atoms with E-state index in [1.165, 1.54) is 263 Å². The summed E-state index contributed by atoms with van der Waals surface area (Å²) >= 11 is 0. The Hall–Kier alpha value is -1.94. The van der Waals surface area contributed by atoms with Crippen LogP contribution in [-0.2, 0) is 65.4 Å². The van der Waals surface area contributed by atoms with E-state index in [1.807, 2.05) is 0 Å². The number of carbonyl (C=O) groups is 4. The van der Waals surface area contributed by atoms with E-state index in [-0.39, 0.29) is 25.7 Å². The van der Waals surface area contributed by atoms with Gasteiger partial charge in [0.05, 0.1) is 26.4 Å². The fourth-order valence-corrected chi connectivity index (χ4v) is 14.3. The van der Waals surface area contributed by atoms with Crippen molar-refractivity contribution in [1.29, 1.82) is 0 Å². The van der Waals surface area contributed by atoms with Gasteiger partial charge in [-0.2, -0.15) is 0 Å². The van der Waals surface area contributed by atoms with Crippen LogP contribution in [0, 0.1) is 5.92 Å². The zero-order chi connectivity index (χ0) is 74.1. The minimum Gasteiger partial charge on any atom is -0.462 e. The number of aliphatic hydroxyl groups excluding tert-OH is 1. The van der Waals surface area contributed by atoms with Gasteiger partial charge in [0.2, 0.25) is 0 Å². The van der Waals surface area contributed by atoms with Crippen LogP contribution in [0.1, 0.15) is 439 Å². The Balaban J connectivity index is 5.20. The largest absolute Gasteiger partial charge is 0.472 e. The van der Waals surface area contributed by atoms with E-state index in [0.717, 1.165) is 95.8 Å². The monoisotopic (exact) mass is 1480 g/mol. The summed E-state index contributed by atoms with van der Waals surface area (Å²) in [5, 5.41) is 10.6. The maximum absolute atomic E-state index is 13.1. The molecule has 600 valence electrons. The van der Waals surface area contributed by atoms with Gasteiger partial charge in [0, 0.05) is 25.7 Å². The van der Waals surface area contributed by atoms with Gasteiger partial charge in [0.25, 0.3) is 0 Å². The number of hydrogen-bond acceptors (Lipinski definition) is 15. The number of phosphoric ester groups is 2. The highest BCUT2D eigenvalue weighted by Crippen LogP contribution is 2.45. The van der Waals surface area contributed by atoms with E-state index in [2.05, 4.69) is 34.6 Å². The van der Waals surface area contributed by atoms with Crippen molar-refractivity contribution >= 4 is 39.5 Å². The third-order valence-electron chi connectivity index (χ3n) is 19.6. The average Bonchev–Trinajstić information content (AvgIpc) is 0.948. The first-order valence-electron chi connectivity index (χ1n) is 42.7. The number of ether oxygens (including phenoxy) is 4. The van der Waals surface area contributed by atoms with Crippen molar-refractivity contribution in [3.63, 3.8) is 0 Å². The maximum Gasteiger partial charge on any atom is 0.472 e. The van der Waals surface area contributed by atoms with Crippen LogP contribution in [0.2, 0.25) is 0 Å². The van der Waals surface area contributed by atoms with E-state index >= 15 is 0 Å². The van der Waals surface area contributed by atoms with E-state index in [1.54, 1.807) is 0 Å². The SMILES string of the molecule is CCCCCCCCCCCCCCCCCCCCC(=O)OC[C@H](COP(=O)(O)OC[C@@H](O)COP(=O)(O)OC[C@@H](COC(=O)CCCCCCCCCC)OC(=O)CCCCCCCCCCCCCCCCCCC)OC(=O)CCCCCCCCCCCCCCCCC(C)CC. The zero-order valence-electron chi connectivity index (χ0n) is 66.1. The van der Waals surface area contributed by atoms with Crippen molar-refractivity contribution in [3.05, 3.63) is 0 Å². The second-order valence-corrected chi connectivity index (χ2v) is 32.7. The van der Waals surface area contributed by atoms with Crippen molar-refractivity contribution in [2.24, 2.45) is 5.92 Å². The molecule has 0 aromatic carbocycles. The maximum atomic E-state index is 13.1. The fourth-order valence-electron chi connectivity index (χ4n) is 12.7. The molecule has 0 radical (unpaired) electrons. The summed E-state index contributed by atoms with van der Waals surface area (Å²) in [5.74, 6) is -1.26. The Morgan fingerprint density at radius 3 is 0.703 bits per heavy atom. The summed E-state index contributed by atoms with van der Waals surface area (Å²) in [5.41, 5.74) is 0. The normalized spacial score (nSPS) is 14.1. The fraction of sp³-hybridized carbons (Fsp3) is 0.951. The number of phosphoric acid groups is 2. The third kappa shape index (κ3) is 74.7. The molecule has 3 N–H and O–H groups in total. The quantitative estimate of drug-likeness (QED) is 0.0222. The van der Waals surface area contributed by atoms with Gasteiger partial charge >= 0.3 is 39.5 Å². The first kappa shape index (κ1) is 99.1. The van der Waals surface area contributed by atoms with Crippen molar-refractivity contribution in [1.82, 2.24) is 0 Å². The zero-order valence-corrected chi connectivity index (χ0v) is 67.8. The van der Waals surface area contributed by atoms with Crippen LogP contribution >= 0.6 is 15.6 Å². The lowest BCUT2D eigenvalue weighted by molar-refractivity contribution is -0.161. The van der Waals surface area contributed by atoms with E-state index in [9.17, 15) is 43.2 Å². The molecule has 0 amide bonds. The van der Waals surface area contributed by atoms with Gasteiger partial charge in [-0.25, -0.2) is 9.13 Å². The van der Waals surface area contributed by atoms with Crippen LogP contribution < -0.4 is 0 Å². The van der Waals surface area contributed by atoms with Gasteiger partial charge < -0.3 is 33.8 Å². The average molecular weight is 1480 g/mol. The Labute approximate surface area is 619 Å². The highest BCUT2D eigenvalue weighted by Gasteiger charge is 2.30. The predicted octanol–water partition coefficient (Wildman–Crippen LogP) is 24.8. The molecule has 0 aliphatic heterocycles. The highest BCUT2D eigenvalue weighted by molar-refractivity contribution is 7.47. The Morgan fingerprint density at radius 1 is 0.277 bits per heavy atom. The molecule has 19 heteroatoms. The molecule has 101 heavy (non-hydrogen) atoms. The molecule has 0 bridgehead atoms. The number of carbonyl (C=O) groups excluding carboxylic acids is 4. The molecule has 0 saturated carbocycles. The van der Waals surface area contributed by atoms with E-state index in [0.29, 0.717) is 25.7 Å². The van der Waals surface area contributed by atoms with Gasteiger partial charge in [-0.3, -0.25) is 37.3 Å². The van der Waals surface area contributed by atoms with Gasteiger partial charge in [0.15, 0.2) is 12.2 Å². The lowest BCUT2D eigenvalue weighted by Gasteiger charge is -2.21. The van der Waals surface area contributed by atoms with Gasteiger partial charge in [-0.15, -0.1) is 0 Å². The first-order valence-corrected chi connectivity index (χ1v) is 45.7. The molecule has 0 aliphatic rings. The van der Waals surface area contributed by atoms with Crippen molar-refractivity contribution in [2.75, 3.05) is 39.6 Å². The molecule has 0 heterocycles. The summed E-state index contributed by atoms with van der Waals surface area (Å²) in [7, 11) is -9.92. The first-order chi connectivity index (χ1) is 49.1. The van der Waals surface area contributed by atoms with Crippen LogP contribution in [0.25, 0.3) is 0 Å². The Kier molecular flexibility index (Phi) is 73.5. The predicted molar refractivity (Wildman–Crippen MR) is 414 cm³/mol. The summed E-state index contributed by atoms with van der Waals surface area (Å²) in [4.78, 5) is 73.0. The molecule has 0 fully saturated rings. The molecule has 3 unspecified atom stereocenters. The topological polar surface area (TPSA) is 237 Å².